The zero-order chi connectivity index (χ0) is 39.0. The van der Waals surface area contributed by atoms with Crippen LogP contribution in [-0.4, -0.2) is 132 Å². The Morgan fingerprint density at radius 1 is 0.824 bits per heavy atom. The van der Waals surface area contributed by atoms with Gasteiger partial charge in [0.25, 0.3) is 0 Å². The average Bonchev–Trinajstić information content (AvgIpc) is 3.28. The molecule has 0 radical (unpaired) electrons. The van der Waals surface area contributed by atoms with Crippen LogP contribution >= 0.6 is 0 Å². The molecule has 0 bridgehead atoms. The SMILES string of the molecule is CC(C)N1CCOC[C@@]2(CC[C@H](CNCC3CCN(Cc4ccccc4)CC3)O2)C1.O=C(O)C(F)(F)F.O=C(O)C(F)(F)F.O=C(O)C(F)(F)F. The number of aliphatic carboxylic acids is 3. The Morgan fingerprint density at radius 3 is 1.76 bits per heavy atom. The molecule has 4 N–H and O–H groups in total. The van der Waals surface area contributed by atoms with Crippen molar-refractivity contribution >= 4 is 17.9 Å². The Morgan fingerprint density at radius 2 is 1.31 bits per heavy atom. The van der Waals surface area contributed by atoms with E-state index in [0.717, 1.165) is 64.7 Å². The second-order valence-corrected chi connectivity index (χ2v) is 12.4. The van der Waals surface area contributed by atoms with Crippen LogP contribution in [0.5, 0.6) is 0 Å². The van der Waals surface area contributed by atoms with Crippen molar-refractivity contribution in [3.63, 3.8) is 0 Å². The number of benzene rings is 1. The van der Waals surface area contributed by atoms with Crippen molar-refractivity contribution in [1.29, 1.82) is 0 Å². The molecule has 2 atom stereocenters. The quantitative estimate of drug-likeness (QED) is 0.277. The van der Waals surface area contributed by atoms with Gasteiger partial charge in [-0.3, -0.25) is 9.80 Å². The summed E-state index contributed by atoms with van der Waals surface area (Å²) in [5.41, 5.74) is 1.34. The number of piperidine rings is 1. The van der Waals surface area contributed by atoms with Crippen LogP contribution in [0.2, 0.25) is 0 Å². The predicted molar refractivity (Wildman–Crippen MR) is 163 cm³/mol. The number of halogens is 9. The van der Waals surface area contributed by atoms with E-state index in [1.807, 2.05) is 0 Å². The lowest BCUT2D eigenvalue weighted by molar-refractivity contribution is -0.193. The van der Waals surface area contributed by atoms with Crippen LogP contribution in [0.25, 0.3) is 0 Å². The predicted octanol–water partition coefficient (Wildman–Crippen LogP) is 5.05. The van der Waals surface area contributed by atoms with Crippen molar-refractivity contribution in [2.24, 2.45) is 5.92 Å². The molecule has 1 spiro atoms. The molecule has 3 saturated heterocycles. The van der Waals surface area contributed by atoms with Crippen LogP contribution in [0.4, 0.5) is 39.5 Å². The van der Waals surface area contributed by atoms with E-state index in [1.165, 1.54) is 31.5 Å². The van der Waals surface area contributed by atoms with E-state index in [-0.39, 0.29) is 5.60 Å². The summed E-state index contributed by atoms with van der Waals surface area (Å²) < 4.78 is 108. The molecule has 11 nitrogen and oxygen atoms in total. The first kappa shape index (κ1) is 45.8. The number of carboxylic acids is 3. The second-order valence-electron chi connectivity index (χ2n) is 12.4. The zero-order valence-electron chi connectivity index (χ0n) is 28.0. The van der Waals surface area contributed by atoms with Gasteiger partial charge in [-0.1, -0.05) is 30.3 Å². The normalized spacial score (nSPS) is 22.1. The molecule has 3 heterocycles. The maximum Gasteiger partial charge on any atom is 0.490 e. The highest BCUT2D eigenvalue weighted by Gasteiger charge is 2.43. The largest absolute Gasteiger partial charge is 0.490 e. The molecule has 51 heavy (non-hydrogen) atoms. The van der Waals surface area contributed by atoms with E-state index in [2.05, 4.69) is 59.3 Å². The fraction of sp³-hybridized carbons (Fsp3) is 0.710. The molecule has 0 unspecified atom stereocenters. The van der Waals surface area contributed by atoms with Gasteiger partial charge in [0.1, 0.15) is 5.60 Å². The Bertz CT molecular complexity index is 1140. The number of carboxylic acid groups (broad SMARTS) is 3. The number of carbonyl (C=O) groups is 3. The van der Waals surface area contributed by atoms with E-state index in [9.17, 15) is 39.5 Å². The minimum absolute atomic E-state index is 0.0874. The molecule has 0 aromatic heterocycles. The molecule has 1 aromatic carbocycles. The molecule has 0 aliphatic carbocycles. The lowest BCUT2D eigenvalue weighted by atomic mass is 9.96. The number of hydrogen-bond donors (Lipinski definition) is 4. The van der Waals surface area contributed by atoms with E-state index in [4.69, 9.17) is 39.2 Å². The number of hydrogen-bond acceptors (Lipinski definition) is 8. The molecule has 0 amide bonds. The Hall–Kier alpha value is -3.20. The van der Waals surface area contributed by atoms with Gasteiger partial charge in [0.05, 0.1) is 19.3 Å². The van der Waals surface area contributed by atoms with Gasteiger partial charge in [-0.25, -0.2) is 14.4 Å². The first-order chi connectivity index (χ1) is 23.4. The summed E-state index contributed by atoms with van der Waals surface area (Å²) in [5.74, 6) is -7.47. The van der Waals surface area contributed by atoms with Crippen LogP contribution in [-0.2, 0) is 30.4 Å². The maximum atomic E-state index is 10.6. The van der Waals surface area contributed by atoms with Crippen molar-refractivity contribution in [1.82, 2.24) is 15.1 Å². The summed E-state index contributed by atoms with van der Waals surface area (Å²) in [7, 11) is 0. The van der Waals surface area contributed by atoms with E-state index in [0.29, 0.717) is 12.1 Å². The Kier molecular flexibility index (Phi) is 18.6. The number of nitrogens with one attached hydrogen (secondary N) is 1. The lowest BCUT2D eigenvalue weighted by Crippen LogP contribution is -2.47. The van der Waals surface area contributed by atoms with Gasteiger partial charge in [-0.2, -0.15) is 39.5 Å². The second kappa shape index (κ2) is 20.7. The third-order valence-electron chi connectivity index (χ3n) is 7.94. The van der Waals surface area contributed by atoms with E-state index >= 15 is 0 Å². The van der Waals surface area contributed by atoms with Crippen LogP contribution in [0.1, 0.15) is 45.1 Å². The first-order valence-electron chi connectivity index (χ1n) is 15.8. The van der Waals surface area contributed by atoms with Gasteiger partial charge < -0.3 is 30.1 Å². The van der Waals surface area contributed by atoms with Crippen LogP contribution < -0.4 is 5.32 Å². The molecule has 0 saturated carbocycles. The molecule has 4 rings (SSSR count). The zero-order valence-corrected chi connectivity index (χ0v) is 28.0. The summed E-state index contributed by atoms with van der Waals surface area (Å²) in [6.07, 6.45) is -10.0. The Labute approximate surface area is 288 Å². The van der Waals surface area contributed by atoms with Crippen molar-refractivity contribution in [3.8, 4) is 0 Å². The van der Waals surface area contributed by atoms with Crippen molar-refractivity contribution in [2.75, 3.05) is 52.5 Å². The topological polar surface area (TPSA) is 149 Å². The molecule has 3 fully saturated rings. The van der Waals surface area contributed by atoms with Gasteiger partial charge in [-0.15, -0.1) is 0 Å². The lowest BCUT2D eigenvalue weighted by Gasteiger charge is -2.34. The standard InChI is InChI=1S/C25H41N3O2.3C2HF3O2/c1-21(2)28-14-15-29-20-25(19-28)11-8-24(30-25)17-26-16-22-9-12-27(13-10-22)18-23-6-4-3-5-7-23;3*3-2(4,5)1(6)7/h3-7,21-22,24,26H,8-20H2,1-2H3;3*(H,6,7)/t24-,25-;;;/m1.../s1. The summed E-state index contributed by atoms with van der Waals surface area (Å²) >= 11 is 0. The molecule has 3 aliphatic rings. The minimum Gasteiger partial charge on any atom is -0.475 e. The summed E-state index contributed by atoms with van der Waals surface area (Å²) in [4.78, 5) is 31.8. The Balaban J connectivity index is 0.000000505. The number of likely N-dealkylation sites (tertiary alicyclic amines) is 1. The van der Waals surface area contributed by atoms with Crippen LogP contribution in [0.3, 0.4) is 0 Å². The molecular formula is C31H44F9N3O8. The monoisotopic (exact) mass is 757 g/mol. The third-order valence-corrected chi connectivity index (χ3v) is 7.94. The van der Waals surface area contributed by atoms with Crippen molar-refractivity contribution in [3.05, 3.63) is 35.9 Å². The van der Waals surface area contributed by atoms with E-state index in [1.54, 1.807) is 0 Å². The van der Waals surface area contributed by atoms with Crippen LogP contribution in [0, 0.1) is 5.92 Å². The smallest absolute Gasteiger partial charge is 0.475 e. The number of alkyl halides is 9. The van der Waals surface area contributed by atoms with Gasteiger partial charge in [0, 0.05) is 32.2 Å². The first-order valence-corrected chi connectivity index (χ1v) is 15.8. The van der Waals surface area contributed by atoms with Crippen molar-refractivity contribution in [2.45, 2.75) is 82.4 Å². The number of ether oxygens (including phenoxy) is 2. The van der Waals surface area contributed by atoms with Gasteiger partial charge in [0.15, 0.2) is 0 Å². The van der Waals surface area contributed by atoms with Gasteiger partial charge >= 0.3 is 36.4 Å². The molecule has 20 heteroatoms. The average molecular weight is 758 g/mol. The number of nitrogens with zero attached hydrogens (tertiary/aromatic N) is 2. The summed E-state index contributed by atoms with van der Waals surface area (Å²) in [6, 6.07) is 11.4. The fourth-order valence-electron chi connectivity index (χ4n) is 5.28. The minimum atomic E-state index is -5.08. The highest BCUT2D eigenvalue weighted by Crippen LogP contribution is 2.33. The summed E-state index contributed by atoms with van der Waals surface area (Å²) in [6.45, 7) is 13.8. The molecule has 1 aromatic rings. The van der Waals surface area contributed by atoms with E-state index < -0.39 is 36.4 Å². The highest BCUT2D eigenvalue weighted by atomic mass is 19.4. The molecule has 294 valence electrons. The third kappa shape index (κ3) is 18.7. The molecule has 3 aliphatic heterocycles. The fourth-order valence-corrected chi connectivity index (χ4v) is 5.28. The van der Waals surface area contributed by atoms with Gasteiger partial charge in [-0.05, 0) is 70.6 Å². The number of rotatable bonds is 7. The van der Waals surface area contributed by atoms with Gasteiger partial charge in [0.2, 0.25) is 0 Å². The van der Waals surface area contributed by atoms with Crippen LogP contribution in [0.15, 0.2) is 30.3 Å². The highest BCUT2D eigenvalue weighted by molar-refractivity contribution is 5.73. The molecular weight excluding hydrogens is 713 g/mol. The summed E-state index contributed by atoms with van der Waals surface area (Å²) in [5, 5.41) is 25.1. The van der Waals surface area contributed by atoms with Crippen molar-refractivity contribution < 1.29 is 78.7 Å². The maximum absolute atomic E-state index is 10.6.